The molecule has 0 radical (unpaired) electrons. The van der Waals surface area contributed by atoms with Gasteiger partial charge in [0.15, 0.2) is 0 Å². The van der Waals surface area contributed by atoms with Crippen molar-refractivity contribution in [2.75, 3.05) is 11.4 Å². The lowest BCUT2D eigenvalue weighted by Gasteiger charge is -2.18. The molecule has 1 aromatic rings. The van der Waals surface area contributed by atoms with Crippen molar-refractivity contribution in [1.82, 2.24) is 0 Å². The van der Waals surface area contributed by atoms with Gasteiger partial charge in [-0.05, 0) is 12.1 Å². The molecule has 0 spiro atoms. The molecule has 2 heterocycles. The van der Waals surface area contributed by atoms with Crippen molar-refractivity contribution in [3.8, 4) is 0 Å². The summed E-state index contributed by atoms with van der Waals surface area (Å²) in [7, 11) is 0. The molecule has 0 saturated carbocycles. The first-order valence-corrected chi connectivity index (χ1v) is 5.84. The van der Waals surface area contributed by atoms with E-state index in [1.807, 2.05) is 6.07 Å². The maximum absolute atomic E-state index is 11.8. The number of benzene rings is 1. The summed E-state index contributed by atoms with van der Waals surface area (Å²) >= 11 is 5.97. The van der Waals surface area contributed by atoms with Gasteiger partial charge in [0.2, 0.25) is 5.91 Å². The molecule has 3 rings (SSSR count). The number of carbonyl (C=O) groups is 2. The Kier molecular flexibility index (Phi) is 2.33. The zero-order valence-electron chi connectivity index (χ0n) is 8.98. The van der Waals surface area contributed by atoms with Crippen LogP contribution in [0.25, 0.3) is 0 Å². The van der Waals surface area contributed by atoms with Crippen molar-refractivity contribution < 1.29 is 14.3 Å². The molecule has 0 N–H and O–H groups in total. The first-order valence-electron chi connectivity index (χ1n) is 5.40. The molecule has 2 aliphatic heterocycles. The molecular formula is C12H10ClNO3. The molecule has 2 aliphatic rings. The number of cyclic esters (lactones) is 1. The van der Waals surface area contributed by atoms with Gasteiger partial charge in [-0.1, -0.05) is 6.07 Å². The van der Waals surface area contributed by atoms with E-state index >= 15 is 0 Å². The van der Waals surface area contributed by atoms with E-state index in [2.05, 4.69) is 0 Å². The van der Waals surface area contributed by atoms with E-state index in [9.17, 15) is 9.59 Å². The van der Waals surface area contributed by atoms with Crippen molar-refractivity contribution in [1.29, 1.82) is 0 Å². The number of rotatable bonds is 1. The number of nitrogens with zero attached hydrogens (tertiary/aromatic N) is 1. The molecule has 1 unspecified atom stereocenters. The number of esters is 1. The molecule has 1 saturated heterocycles. The van der Waals surface area contributed by atoms with E-state index in [1.54, 1.807) is 17.0 Å². The maximum Gasteiger partial charge on any atom is 0.338 e. The molecule has 1 amide bonds. The van der Waals surface area contributed by atoms with Gasteiger partial charge in [0.05, 0.1) is 16.6 Å². The summed E-state index contributed by atoms with van der Waals surface area (Å²) in [4.78, 5) is 24.8. The Hall–Kier alpha value is -1.55. The van der Waals surface area contributed by atoms with Crippen LogP contribution in [0.5, 0.6) is 0 Å². The monoisotopic (exact) mass is 251 g/mol. The molecule has 1 aromatic carbocycles. The number of hydrogen-bond donors (Lipinski definition) is 0. The average molecular weight is 252 g/mol. The second kappa shape index (κ2) is 3.74. The highest BCUT2D eigenvalue weighted by Crippen LogP contribution is 2.33. The normalized spacial score (nSPS) is 22.9. The maximum atomic E-state index is 11.8. The van der Waals surface area contributed by atoms with Crippen LogP contribution in [-0.2, 0) is 16.1 Å². The average Bonchev–Trinajstić information content (AvgIpc) is 2.83. The van der Waals surface area contributed by atoms with Gasteiger partial charge in [-0.15, -0.1) is 11.6 Å². The van der Waals surface area contributed by atoms with Crippen molar-refractivity contribution >= 4 is 29.2 Å². The molecule has 4 nitrogen and oxygen atoms in total. The molecular weight excluding hydrogens is 242 g/mol. The minimum atomic E-state index is -0.323. The van der Waals surface area contributed by atoms with Crippen LogP contribution in [0.4, 0.5) is 5.69 Å². The van der Waals surface area contributed by atoms with E-state index in [-0.39, 0.29) is 23.9 Å². The Morgan fingerprint density at radius 3 is 2.88 bits per heavy atom. The summed E-state index contributed by atoms with van der Waals surface area (Å²) in [5.74, 6) is -0.325. The Bertz CT molecular complexity index is 514. The number of ether oxygens (including phenoxy) is 1. The van der Waals surface area contributed by atoms with Gasteiger partial charge in [0.1, 0.15) is 6.61 Å². The Morgan fingerprint density at radius 2 is 2.18 bits per heavy atom. The Labute approximate surface area is 103 Å². The van der Waals surface area contributed by atoms with Gasteiger partial charge in [-0.3, -0.25) is 4.79 Å². The highest BCUT2D eigenvalue weighted by atomic mass is 35.5. The van der Waals surface area contributed by atoms with Gasteiger partial charge in [-0.25, -0.2) is 4.79 Å². The lowest BCUT2D eigenvalue weighted by atomic mass is 10.1. The lowest BCUT2D eigenvalue weighted by Crippen LogP contribution is -2.25. The van der Waals surface area contributed by atoms with Crippen molar-refractivity contribution in [2.24, 2.45) is 0 Å². The fourth-order valence-corrected chi connectivity index (χ4v) is 2.55. The summed E-state index contributed by atoms with van der Waals surface area (Å²) in [6, 6.07) is 5.30. The van der Waals surface area contributed by atoms with Crippen LogP contribution < -0.4 is 4.90 Å². The molecule has 17 heavy (non-hydrogen) atoms. The van der Waals surface area contributed by atoms with Crippen LogP contribution in [0.15, 0.2) is 18.2 Å². The first kappa shape index (κ1) is 10.6. The van der Waals surface area contributed by atoms with E-state index in [0.29, 0.717) is 18.5 Å². The zero-order chi connectivity index (χ0) is 12.0. The van der Waals surface area contributed by atoms with E-state index in [1.165, 1.54) is 0 Å². The predicted octanol–water partition coefficient (Wildman–Crippen LogP) is 1.70. The smallest absolute Gasteiger partial charge is 0.338 e. The van der Waals surface area contributed by atoms with Crippen molar-refractivity contribution in [3.63, 3.8) is 0 Å². The van der Waals surface area contributed by atoms with Crippen LogP contribution in [0.2, 0.25) is 0 Å². The number of hydrogen-bond acceptors (Lipinski definition) is 3. The number of amides is 1. The Morgan fingerprint density at radius 1 is 1.35 bits per heavy atom. The topological polar surface area (TPSA) is 46.6 Å². The highest BCUT2D eigenvalue weighted by molar-refractivity contribution is 6.24. The summed E-state index contributed by atoms with van der Waals surface area (Å²) in [5, 5.41) is -0.156. The first-order chi connectivity index (χ1) is 8.16. The molecule has 1 fully saturated rings. The fraction of sp³-hybridized carbons (Fsp3) is 0.333. The third-order valence-electron chi connectivity index (χ3n) is 3.09. The molecule has 0 aromatic heterocycles. The van der Waals surface area contributed by atoms with Crippen LogP contribution in [0.3, 0.4) is 0 Å². The second-order valence-corrected chi connectivity index (χ2v) is 4.80. The molecule has 88 valence electrons. The third kappa shape index (κ3) is 1.60. The van der Waals surface area contributed by atoms with Gasteiger partial charge in [-0.2, -0.15) is 0 Å². The quantitative estimate of drug-likeness (QED) is 0.564. The highest BCUT2D eigenvalue weighted by Gasteiger charge is 2.33. The minimum Gasteiger partial charge on any atom is -0.457 e. The lowest BCUT2D eigenvalue weighted by molar-refractivity contribution is -0.117. The predicted molar refractivity (Wildman–Crippen MR) is 62.2 cm³/mol. The third-order valence-corrected chi connectivity index (χ3v) is 3.38. The van der Waals surface area contributed by atoms with Crippen LogP contribution in [0, 0.1) is 0 Å². The van der Waals surface area contributed by atoms with Gasteiger partial charge in [0.25, 0.3) is 0 Å². The van der Waals surface area contributed by atoms with Crippen LogP contribution in [-0.4, -0.2) is 23.8 Å². The largest absolute Gasteiger partial charge is 0.457 e. The standard InChI is InChI=1S/C12H10ClNO3/c13-7-4-11(15)14(5-7)10-3-1-2-8-9(10)6-17-12(8)16/h1-3,7H,4-6H2. The van der Waals surface area contributed by atoms with E-state index in [4.69, 9.17) is 16.3 Å². The zero-order valence-corrected chi connectivity index (χ0v) is 9.74. The number of fused-ring (bicyclic) bond motifs is 1. The molecule has 5 heteroatoms. The van der Waals surface area contributed by atoms with Crippen molar-refractivity contribution in [3.05, 3.63) is 29.3 Å². The fourth-order valence-electron chi connectivity index (χ4n) is 2.28. The molecule has 0 bridgehead atoms. The summed E-state index contributed by atoms with van der Waals surface area (Å²) < 4.78 is 4.98. The summed E-state index contributed by atoms with van der Waals surface area (Å²) in [6.45, 7) is 0.728. The number of carbonyl (C=O) groups excluding carboxylic acids is 2. The van der Waals surface area contributed by atoms with Crippen LogP contribution >= 0.6 is 11.6 Å². The number of halogens is 1. The Balaban J connectivity index is 2.05. The second-order valence-electron chi connectivity index (χ2n) is 4.19. The summed E-state index contributed by atoms with van der Waals surface area (Å²) in [5.41, 5.74) is 2.09. The van der Waals surface area contributed by atoms with E-state index in [0.717, 1.165) is 11.3 Å². The van der Waals surface area contributed by atoms with Crippen molar-refractivity contribution in [2.45, 2.75) is 18.4 Å². The molecule has 1 atom stereocenters. The molecule has 0 aliphatic carbocycles. The minimum absolute atomic E-state index is 0.00208. The number of alkyl halides is 1. The van der Waals surface area contributed by atoms with Gasteiger partial charge < -0.3 is 9.64 Å². The van der Waals surface area contributed by atoms with Crippen LogP contribution in [0.1, 0.15) is 22.3 Å². The van der Waals surface area contributed by atoms with E-state index < -0.39 is 0 Å². The van der Waals surface area contributed by atoms with Gasteiger partial charge in [0, 0.05) is 18.5 Å². The SMILES string of the molecule is O=C1OCc2c1cccc2N1CC(Cl)CC1=O. The van der Waals surface area contributed by atoms with Gasteiger partial charge >= 0.3 is 5.97 Å². The number of anilines is 1. The summed E-state index contributed by atoms with van der Waals surface area (Å²) in [6.07, 6.45) is 0.347.